The van der Waals surface area contributed by atoms with E-state index in [4.69, 9.17) is 0 Å². The first-order valence-electron chi connectivity index (χ1n) is 10.1. The second-order valence-corrected chi connectivity index (χ2v) is 8.99. The van der Waals surface area contributed by atoms with Crippen LogP contribution in [0.25, 0.3) is 10.3 Å². The number of fused-ring (bicyclic) bond motifs is 1. The molecular weight excluding hydrogens is 402 g/mol. The molecule has 0 radical (unpaired) electrons. The van der Waals surface area contributed by atoms with Gasteiger partial charge < -0.3 is 15.3 Å². The second-order valence-electron chi connectivity index (χ2n) is 8.04. The fraction of sp³-hybridized carbons (Fsp3) is 0.429. The Labute approximate surface area is 177 Å². The van der Waals surface area contributed by atoms with Crippen molar-refractivity contribution in [3.05, 3.63) is 52.1 Å². The minimum Gasteiger partial charge on any atom is -0.382 e. The van der Waals surface area contributed by atoms with Crippen LogP contribution in [-0.2, 0) is 24.0 Å². The number of thiazole rings is 1. The number of nitrogens with zero attached hydrogens (tertiary/aromatic N) is 4. The molecule has 1 aromatic carbocycles. The Bertz CT molecular complexity index is 1170. The highest BCUT2D eigenvalue weighted by Crippen LogP contribution is 2.44. The second kappa shape index (κ2) is 7.17. The number of hydrogen-bond donors (Lipinski definition) is 2. The summed E-state index contributed by atoms with van der Waals surface area (Å²) >= 11 is 1.31. The molecule has 9 heteroatoms. The Kier molecular flexibility index (Phi) is 4.59. The van der Waals surface area contributed by atoms with Gasteiger partial charge in [0.05, 0.1) is 0 Å². The third kappa shape index (κ3) is 3.27. The van der Waals surface area contributed by atoms with Crippen LogP contribution in [0.4, 0.5) is 5.13 Å². The fourth-order valence-electron chi connectivity index (χ4n) is 3.99. The van der Waals surface area contributed by atoms with Crippen molar-refractivity contribution in [2.45, 2.75) is 43.9 Å². The lowest BCUT2D eigenvalue weighted by molar-refractivity contribution is -0.122. The normalized spacial score (nSPS) is 19.9. The van der Waals surface area contributed by atoms with Crippen LogP contribution in [0.3, 0.4) is 0 Å². The maximum absolute atomic E-state index is 12.8. The summed E-state index contributed by atoms with van der Waals surface area (Å²) in [6.07, 6.45) is 2.85. The number of nitrogens with one attached hydrogen (secondary N) is 1. The maximum atomic E-state index is 12.8. The SMILES string of the molecule is Cn1c(C2(O)CC2)nc2sc(N3CCCC3C(=O)NCc3ccccc3)nc2c1=O. The predicted molar refractivity (Wildman–Crippen MR) is 114 cm³/mol. The molecule has 0 spiro atoms. The molecular formula is C21H23N5O3S. The van der Waals surface area contributed by atoms with Crippen molar-refractivity contribution in [1.82, 2.24) is 19.9 Å². The standard InChI is InChI=1S/C21H23N5O3S/c1-25-18(28)15-17(24-19(25)21(29)9-10-21)30-20(23-15)26-11-5-8-14(26)16(27)22-12-13-6-3-2-4-7-13/h2-4,6-7,14,29H,5,8-12H2,1H3,(H,22,27). The number of aliphatic hydroxyl groups is 1. The first-order chi connectivity index (χ1) is 14.5. The Balaban J connectivity index is 1.40. The van der Waals surface area contributed by atoms with Gasteiger partial charge in [0.15, 0.2) is 15.5 Å². The summed E-state index contributed by atoms with van der Waals surface area (Å²) < 4.78 is 1.40. The van der Waals surface area contributed by atoms with Crippen molar-refractivity contribution < 1.29 is 9.90 Å². The molecule has 2 aliphatic rings. The van der Waals surface area contributed by atoms with E-state index in [1.165, 1.54) is 15.9 Å². The van der Waals surface area contributed by atoms with Gasteiger partial charge in [-0.25, -0.2) is 9.97 Å². The number of carbonyl (C=O) groups excluding carboxylic acids is 1. The maximum Gasteiger partial charge on any atom is 0.280 e. The fourth-order valence-corrected chi connectivity index (χ4v) is 5.00. The summed E-state index contributed by atoms with van der Waals surface area (Å²) in [5.41, 5.74) is 0.0799. The van der Waals surface area contributed by atoms with E-state index < -0.39 is 5.60 Å². The number of rotatable bonds is 5. The van der Waals surface area contributed by atoms with E-state index in [2.05, 4.69) is 15.3 Å². The monoisotopic (exact) mass is 425 g/mol. The minimum atomic E-state index is -1.00. The highest BCUT2D eigenvalue weighted by Gasteiger charge is 2.46. The average Bonchev–Trinajstić information content (AvgIpc) is 3.17. The number of benzene rings is 1. The van der Waals surface area contributed by atoms with E-state index in [0.717, 1.165) is 18.4 Å². The van der Waals surface area contributed by atoms with E-state index in [-0.39, 0.29) is 17.5 Å². The van der Waals surface area contributed by atoms with Crippen molar-refractivity contribution in [3.8, 4) is 0 Å². The van der Waals surface area contributed by atoms with Gasteiger partial charge in [0.1, 0.15) is 17.5 Å². The molecule has 2 aromatic heterocycles. The molecule has 1 saturated heterocycles. The summed E-state index contributed by atoms with van der Waals surface area (Å²) in [7, 11) is 1.62. The average molecular weight is 426 g/mol. The topological polar surface area (TPSA) is 100 Å². The number of anilines is 1. The zero-order valence-corrected chi connectivity index (χ0v) is 17.5. The first kappa shape index (κ1) is 19.2. The number of hydrogen-bond acceptors (Lipinski definition) is 7. The summed E-state index contributed by atoms with van der Waals surface area (Å²) in [6, 6.07) is 9.49. The molecule has 2 fully saturated rings. The van der Waals surface area contributed by atoms with Gasteiger partial charge >= 0.3 is 0 Å². The molecule has 1 atom stereocenters. The third-order valence-electron chi connectivity index (χ3n) is 5.88. The van der Waals surface area contributed by atoms with Crippen molar-refractivity contribution in [2.24, 2.45) is 7.05 Å². The summed E-state index contributed by atoms with van der Waals surface area (Å²) in [6.45, 7) is 1.19. The smallest absolute Gasteiger partial charge is 0.280 e. The first-order valence-corrected chi connectivity index (χ1v) is 11.0. The van der Waals surface area contributed by atoms with Gasteiger partial charge in [-0.1, -0.05) is 41.7 Å². The molecule has 30 heavy (non-hydrogen) atoms. The molecule has 2 N–H and O–H groups in total. The van der Waals surface area contributed by atoms with Crippen LogP contribution >= 0.6 is 11.3 Å². The van der Waals surface area contributed by atoms with Crippen LogP contribution < -0.4 is 15.8 Å². The Morgan fingerprint density at radius 2 is 2.07 bits per heavy atom. The largest absolute Gasteiger partial charge is 0.382 e. The van der Waals surface area contributed by atoms with E-state index in [9.17, 15) is 14.7 Å². The Hall–Kier alpha value is -2.78. The molecule has 3 aromatic rings. The molecule has 1 amide bonds. The Morgan fingerprint density at radius 1 is 1.30 bits per heavy atom. The number of amides is 1. The van der Waals surface area contributed by atoms with E-state index >= 15 is 0 Å². The molecule has 5 rings (SSSR count). The molecule has 1 saturated carbocycles. The van der Waals surface area contributed by atoms with Gasteiger partial charge in [0.2, 0.25) is 5.91 Å². The van der Waals surface area contributed by atoms with Crippen LogP contribution in [-0.4, -0.2) is 38.1 Å². The molecule has 0 bridgehead atoms. The number of carbonyl (C=O) groups is 1. The third-order valence-corrected chi connectivity index (χ3v) is 6.87. The molecule has 156 valence electrons. The summed E-state index contributed by atoms with van der Waals surface area (Å²) in [4.78, 5) is 37.2. The van der Waals surface area contributed by atoms with Crippen LogP contribution in [0.2, 0.25) is 0 Å². The van der Waals surface area contributed by atoms with Gasteiger partial charge in [0.25, 0.3) is 5.56 Å². The lowest BCUT2D eigenvalue weighted by Gasteiger charge is -2.23. The zero-order valence-electron chi connectivity index (χ0n) is 16.7. The molecule has 1 aliphatic heterocycles. The minimum absolute atomic E-state index is 0.0375. The lowest BCUT2D eigenvalue weighted by atomic mass is 10.2. The van der Waals surface area contributed by atoms with Gasteiger partial charge in [-0.3, -0.25) is 14.2 Å². The van der Waals surface area contributed by atoms with Gasteiger partial charge in [-0.05, 0) is 31.2 Å². The highest BCUT2D eigenvalue weighted by atomic mass is 32.1. The highest BCUT2D eigenvalue weighted by molar-refractivity contribution is 7.21. The predicted octanol–water partition coefficient (Wildman–Crippen LogP) is 1.66. The van der Waals surface area contributed by atoms with Crippen molar-refractivity contribution >= 4 is 32.7 Å². The zero-order chi connectivity index (χ0) is 20.9. The van der Waals surface area contributed by atoms with Crippen LogP contribution in [0.15, 0.2) is 35.1 Å². The van der Waals surface area contributed by atoms with Gasteiger partial charge in [-0.15, -0.1) is 0 Å². The molecule has 8 nitrogen and oxygen atoms in total. The lowest BCUT2D eigenvalue weighted by Crippen LogP contribution is -2.43. The van der Waals surface area contributed by atoms with Gasteiger partial charge in [-0.2, -0.15) is 0 Å². The molecule has 3 heterocycles. The van der Waals surface area contributed by atoms with Gasteiger partial charge in [0, 0.05) is 20.1 Å². The quantitative estimate of drug-likeness (QED) is 0.645. The van der Waals surface area contributed by atoms with E-state index in [0.29, 0.717) is 47.2 Å². The molecule has 1 unspecified atom stereocenters. The molecule has 1 aliphatic carbocycles. The van der Waals surface area contributed by atoms with E-state index in [1.54, 1.807) is 7.05 Å². The summed E-state index contributed by atoms with van der Waals surface area (Å²) in [5.74, 6) is 0.359. The summed E-state index contributed by atoms with van der Waals surface area (Å²) in [5, 5.41) is 14.1. The Morgan fingerprint density at radius 3 is 2.80 bits per heavy atom. The van der Waals surface area contributed by atoms with E-state index in [1.807, 2.05) is 35.2 Å². The van der Waals surface area contributed by atoms with Crippen molar-refractivity contribution in [2.75, 3.05) is 11.4 Å². The van der Waals surface area contributed by atoms with Crippen molar-refractivity contribution in [1.29, 1.82) is 0 Å². The van der Waals surface area contributed by atoms with Crippen LogP contribution in [0.5, 0.6) is 0 Å². The van der Waals surface area contributed by atoms with Crippen LogP contribution in [0.1, 0.15) is 37.1 Å². The van der Waals surface area contributed by atoms with Crippen LogP contribution in [0, 0.1) is 0 Å². The number of aromatic nitrogens is 3. The van der Waals surface area contributed by atoms with Crippen molar-refractivity contribution in [3.63, 3.8) is 0 Å².